The number of benzene rings is 1. The first-order valence-corrected chi connectivity index (χ1v) is 7.74. The Balaban J connectivity index is 0.00000220. The molecule has 2 rings (SSSR count). The van der Waals surface area contributed by atoms with Crippen molar-refractivity contribution < 1.29 is 9.53 Å². The molecule has 0 aromatic heterocycles. The molecule has 1 aromatic rings. The molecule has 0 heterocycles. The lowest BCUT2D eigenvalue weighted by atomic mass is 9.82. The highest BCUT2D eigenvalue weighted by atomic mass is 79.9. The lowest BCUT2D eigenvalue weighted by molar-refractivity contribution is -0.127. The summed E-state index contributed by atoms with van der Waals surface area (Å²) < 4.78 is 6.06. The van der Waals surface area contributed by atoms with Crippen molar-refractivity contribution >= 4 is 34.2 Å². The Morgan fingerprint density at radius 1 is 1.38 bits per heavy atom. The Bertz CT molecular complexity index is 491. The normalized spacial score (nSPS) is 16.7. The third-order valence-electron chi connectivity index (χ3n) is 3.87. The molecule has 4 nitrogen and oxygen atoms in total. The van der Waals surface area contributed by atoms with Crippen molar-refractivity contribution in [3.8, 4) is 5.75 Å². The van der Waals surface area contributed by atoms with Crippen LogP contribution in [-0.4, -0.2) is 18.6 Å². The Kier molecular flexibility index (Phi) is 6.97. The number of rotatable bonds is 4. The molecule has 0 radical (unpaired) electrons. The summed E-state index contributed by atoms with van der Waals surface area (Å²) in [6, 6.07) is 5.77. The van der Waals surface area contributed by atoms with E-state index in [0.717, 1.165) is 41.5 Å². The average Bonchev–Trinajstić information content (AvgIpc) is 2.45. The highest BCUT2D eigenvalue weighted by Gasteiger charge is 2.34. The van der Waals surface area contributed by atoms with E-state index in [4.69, 9.17) is 10.5 Å². The van der Waals surface area contributed by atoms with Crippen LogP contribution in [-0.2, 0) is 11.3 Å². The van der Waals surface area contributed by atoms with Crippen LogP contribution >= 0.6 is 28.3 Å². The molecule has 1 fully saturated rings. The molecule has 1 aliphatic rings. The Labute approximate surface area is 140 Å². The molecular formula is C15H22BrClN2O2. The minimum Gasteiger partial charge on any atom is -0.496 e. The van der Waals surface area contributed by atoms with E-state index in [-0.39, 0.29) is 18.3 Å². The number of carbonyl (C=O) groups excluding carboxylic acids is 1. The Hall–Kier alpha value is -0.780. The van der Waals surface area contributed by atoms with Crippen molar-refractivity contribution in [1.82, 2.24) is 5.32 Å². The molecule has 1 amide bonds. The van der Waals surface area contributed by atoms with Gasteiger partial charge in [0.05, 0.1) is 17.1 Å². The summed E-state index contributed by atoms with van der Waals surface area (Å²) in [5, 5.41) is 2.95. The second-order valence-electron chi connectivity index (χ2n) is 5.37. The third kappa shape index (κ3) is 4.59. The monoisotopic (exact) mass is 376 g/mol. The van der Waals surface area contributed by atoms with E-state index >= 15 is 0 Å². The summed E-state index contributed by atoms with van der Waals surface area (Å²) in [5.74, 6) is 0.742. The summed E-state index contributed by atoms with van der Waals surface area (Å²) in [6.07, 6.45) is 4.82. The molecule has 0 saturated heterocycles. The predicted octanol–water partition coefficient (Wildman–Crippen LogP) is 3.16. The van der Waals surface area contributed by atoms with Crippen LogP contribution in [0.4, 0.5) is 0 Å². The number of hydrogen-bond donors (Lipinski definition) is 2. The molecule has 0 atom stereocenters. The van der Waals surface area contributed by atoms with Gasteiger partial charge >= 0.3 is 0 Å². The lowest BCUT2D eigenvalue weighted by Crippen LogP contribution is -2.54. The molecule has 1 aromatic carbocycles. The second-order valence-corrected chi connectivity index (χ2v) is 6.22. The van der Waals surface area contributed by atoms with Gasteiger partial charge in [-0.1, -0.05) is 25.3 Å². The molecule has 118 valence electrons. The summed E-state index contributed by atoms with van der Waals surface area (Å²) in [5.41, 5.74) is 6.54. The van der Waals surface area contributed by atoms with Crippen molar-refractivity contribution in [2.45, 2.75) is 44.2 Å². The largest absolute Gasteiger partial charge is 0.496 e. The molecule has 0 unspecified atom stereocenters. The zero-order chi connectivity index (χ0) is 14.6. The first-order valence-electron chi connectivity index (χ1n) is 6.95. The van der Waals surface area contributed by atoms with Gasteiger partial charge in [0.25, 0.3) is 0 Å². The minimum atomic E-state index is -0.679. The molecule has 0 aliphatic heterocycles. The van der Waals surface area contributed by atoms with E-state index in [0.29, 0.717) is 6.54 Å². The molecule has 0 bridgehead atoms. The fourth-order valence-corrected chi connectivity index (χ4v) is 3.18. The first-order chi connectivity index (χ1) is 9.55. The average molecular weight is 378 g/mol. The van der Waals surface area contributed by atoms with E-state index < -0.39 is 5.54 Å². The molecular weight excluding hydrogens is 356 g/mol. The SMILES string of the molecule is COc1ccc(CNC(=O)C2(N)CCCCC2)cc1Br.Cl. The van der Waals surface area contributed by atoms with E-state index in [2.05, 4.69) is 21.2 Å². The number of halogens is 2. The van der Waals surface area contributed by atoms with Crippen molar-refractivity contribution in [3.05, 3.63) is 28.2 Å². The van der Waals surface area contributed by atoms with E-state index in [9.17, 15) is 4.79 Å². The first kappa shape index (κ1) is 18.3. The Morgan fingerprint density at radius 3 is 2.62 bits per heavy atom. The van der Waals surface area contributed by atoms with Crippen LogP contribution in [0, 0.1) is 0 Å². The van der Waals surface area contributed by atoms with Crippen molar-refractivity contribution in [3.63, 3.8) is 0 Å². The fraction of sp³-hybridized carbons (Fsp3) is 0.533. The predicted molar refractivity (Wildman–Crippen MR) is 89.8 cm³/mol. The van der Waals surface area contributed by atoms with E-state index in [1.807, 2.05) is 18.2 Å². The summed E-state index contributed by atoms with van der Waals surface area (Å²) in [6.45, 7) is 0.486. The number of carbonyl (C=O) groups is 1. The number of nitrogens with one attached hydrogen (secondary N) is 1. The van der Waals surface area contributed by atoms with Gasteiger partial charge in [-0.25, -0.2) is 0 Å². The standard InChI is InChI=1S/C15H21BrN2O2.ClH/c1-20-13-6-5-11(9-12(13)16)10-18-14(19)15(17)7-3-2-4-8-15;/h5-6,9H,2-4,7-8,10,17H2,1H3,(H,18,19);1H. The van der Waals surface area contributed by atoms with Gasteiger partial charge in [0, 0.05) is 6.54 Å². The van der Waals surface area contributed by atoms with E-state index in [1.165, 1.54) is 6.42 Å². The van der Waals surface area contributed by atoms with Crippen LogP contribution in [0.3, 0.4) is 0 Å². The molecule has 21 heavy (non-hydrogen) atoms. The molecule has 3 N–H and O–H groups in total. The van der Waals surface area contributed by atoms with Gasteiger partial charge in [-0.3, -0.25) is 4.79 Å². The summed E-state index contributed by atoms with van der Waals surface area (Å²) in [4.78, 5) is 12.2. The summed E-state index contributed by atoms with van der Waals surface area (Å²) in [7, 11) is 1.63. The lowest BCUT2D eigenvalue weighted by Gasteiger charge is -2.31. The Morgan fingerprint density at radius 2 is 2.05 bits per heavy atom. The molecule has 6 heteroatoms. The maximum absolute atomic E-state index is 12.2. The second kappa shape index (κ2) is 8.01. The highest BCUT2D eigenvalue weighted by Crippen LogP contribution is 2.27. The number of ether oxygens (including phenoxy) is 1. The van der Waals surface area contributed by atoms with Crippen LogP contribution < -0.4 is 15.8 Å². The number of amides is 1. The van der Waals surface area contributed by atoms with E-state index in [1.54, 1.807) is 7.11 Å². The van der Waals surface area contributed by atoms with Crippen molar-refractivity contribution in [1.29, 1.82) is 0 Å². The highest BCUT2D eigenvalue weighted by molar-refractivity contribution is 9.10. The zero-order valence-electron chi connectivity index (χ0n) is 12.2. The van der Waals surface area contributed by atoms with Gasteiger partial charge in [-0.2, -0.15) is 0 Å². The quantitative estimate of drug-likeness (QED) is 0.847. The van der Waals surface area contributed by atoms with Gasteiger partial charge < -0.3 is 15.8 Å². The maximum Gasteiger partial charge on any atom is 0.240 e. The smallest absolute Gasteiger partial charge is 0.240 e. The van der Waals surface area contributed by atoms with Gasteiger partial charge in [0.15, 0.2) is 0 Å². The number of hydrogen-bond acceptors (Lipinski definition) is 3. The third-order valence-corrected chi connectivity index (χ3v) is 4.49. The molecule has 0 spiro atoms. The van der Waals surface area contributed by atoms with Crippen LogP contribution in [0.1, 0.15) is 37.7 Å². The van der Waals surface area contributed by atoms with Gasteiger partial charge in [0.2, 0.25) is 5.91 Å². The van der Waals surface area contributed by atoms with Crippen LogP contribution in [0.5, 0.6) is 5.75 Å². The van der Waals surface area contributed by atoms with Crippen LogP contribution in [0.15, 0.2) is 22.7 Å². The maximum atomic E-state index is 12.2. The van der Waals surface area contributed by atoms with Crippen molar-refractivity contribution in [2.24, 2.45) is 5.73 Å². The van der Waals surface area contributed by atoms with Gasteiger partial charge in [-0.15, -0.1) is 12.4 Å². The fourth-order valence-electron chi connectivity index (χ4n) is 2.59. The van der Waals surface area contributed by atoms with Crippen molar-refractivity contribution in [2.75, 3.05) is 7.11 Å². The topological polar surface area (TPSA) is 64.3 Å². The molecule has 1 aliphatic carbocycles. The summed E-state index contributed by atoms with van der Waals surface area (Å²) >= 11 is 3.44. The van der Waals surface area contributed by atoms with Crippen LogP contribution in [0.25, 0.3) is 0 Å². The number of nitrogens with two attached hydrogens (primary N) is 1. The minimum absolute atomic E-state index is 0. The van der Waals surface area contributed by atoms with Gasteiger partial charge in [-0.05, 0) is 46.5 Å². The zero-order valence-corrected chi connectivity index (χ0v) is 14.6. The van der Waals surface area contributed by atoms with Gasteiger partial charge in [0.1, 0.15) is 5.75 Å². The molecule has 1 saturated carbocycles. The number of methoxy groups -OCH3 is 1. The van der Waals surface area contributed by atoms with Crippen LogP contribution in [0.2, 0.25) is 0 Å².